The van der Waals surface area contributed by atoms with E-state index < -0.39 is 0 Å². The van der Waals surface area contributed by atoms with Crippen LogP contribution >= 0.6 is 34.4 Å². The fraction of sp³-hybridized carbons (Fsp3) is 0.238. The normalized spacial score (nSPS) is 16.1. The number of hydrazone groups is 1. The molecule has 1 atom stereocenters. The van der Waals surface area contributed by atoms with Gasteiger partial charge in [0, 0.05) is 17.8 Å². The first-order chi connectivity index (χ1) is 15.2. The van der Waals surface area contributed by atoms with E-state index in [1.807, 2.05) is 51.7 Å². The number of nitrogens with zero attached hydrogens (tertiary/aromatic N) is 5. The highest BCUT2D eigenvalue weighted by Gasteiger charge is 2.34. The molecular formula is C21H19N5O2S3. The van der Waals surface area contributed by atoms with Crippen molar-refractivity contribution >= 4 is 46.1 Å². The summed E-state index contributed by atoms with van der Waals surface area (Å²) in [7, 11) is 0. The van der Waals surface area contributed by atoms with Crippen molar-refractivity contribution in [1.82, 2.24) is 19.8 Å². The first kappa shape index (κ1) is 20.2. The Hall–Kier alpha value is -2.69. The number of carbonyl (C=O) groups is 1. The lowest BCUT2D eigenvalue weighted by Gasteiger charge is -2.20. The van der Waals surface area contributed by atoms with Crippen LogP contribution in [0.3, 0.4) is 0 Å². The summed E-state index contributed by atoms with van der Waals surface area (Å²) in [5.41, 5.74) is 0.790. The predicted octanol–water partition coefficient (Wildman–Crippen LogP) is 5.15. The molecule has 0 aromatic carbocycles. The highest BCUT2D eigenvalue weighted by molar-refractivity contribution is 7.99. The van der Waals surface area contributed by atoms with Gasteiger partial charge in [0.2, 0.25) is 0 Å². The lowest BCUT2D eigenvalue weighted by Crippen LogP contribution is -2.28. The Morgan fingerprint density at radius 1 is 1.19 bits per heavy atom. The van der Waals surface area contributed by atoms with Crippen LogP contribution in [0.2, 0.25) is 0 Å². The molecule has 5 heterocycles. The van der Waals surface area contributed by atoms with Crippen LogP contribution in [-0.2, 0) is 11.3 Å². The number of thiophene rings is 2. The van der Waals surface area contributed by atoms with Gasteiger partial charge in [-0.1, -0.05) is 23.9 Å². The van der Waals surface area contributed by atoms with E-state index in [0.29, 0.717) is 12.2 Å². The molecule has 0 bridgehead atoms. The van der Waals surface area contributed by atoms with Crippen molar-refractivity contribution in [1.29, 1.82) is 0 Å². The Morgan fingerprint density at radius 3 is 2.77 bits per heavy atom. The Bertz CT molecular complexity index is 1180. The molecule has 0 fully saturated rings. The van der Waals surface area contributed by atoms with Crippen LogP contribution in [0.1, 0.15) is 30.0 Å². The summed E-state index contributed by atoms with van der Waals surface area (Å²) >= 11 is 4.66. The average molecular weight is 470 g/mol. The fourth-order valence-corrected chi connectivity index (χ4v) is 5.88. The van der Waals surface area contributed by atoms with Crippen LogP contribution in [0.25, 0.3) is 10.7 Å². The number of carbonyl (C=O) groups excluding carboxylic acids is 1. The zero-order chi connectivity index (χ0) is 21.2. The van der Waals surface area contributed by atoms with Crippen molar-refractivity contribution < 1.29 is 9.21 Å². The molecule has 4 aromatic heterocycles. The third kappa shape index (κ3) is 3.98. The molecule has 1 aliphatic heterocycles. The maximum absolute atomic E-state index is 13.2. The van der Waals surface area contributed by atoms with Crippen molar-refractivity contribution in [2.24, 2.45) is 5.10 Å². The van der Waals surface area contributed by atoms with E-state index in [2.05, 4.69) is 22.2 Å². The quantitative estimate of drug-likeness (QED) is 0.350. The molecule has 31 heavy (non-hydrogen) atoms. The smallest absolute Gasteiger partial charge is 0.253 e. The van der Waals surface area contributed by atoms with Gasteiger partial charge in [-0.15, -0.1) is 32.9 Å². The van der Waals surface area contributed by atoms with E-state index in [0.717, 1.165) is 33.0 Å². The van der Waals surface area contributed by atoms with Gasteiger partial charge in [-0.3, -0.25) is 4.79 Å². The number of thioether (sulfide) groups is 1. The summed E-state index contributed by atoms with van der Waals surface area (Å²) in [4.78, 5) is 15.4. The van der Waals surface area contributed by atoms with Gasteiger partial charge in [0.05, 0.1) is 22.9 Å². The zero-order valence-electron chi connectivity index (χ0n) is 16.7. The number of aromatic nitrogens is 3. The molecule has 1 amide bonds. The lowest BCUT2D eigenvalue weighted by molar-refractivity contribution is -0.130. The van der Waals surface area contributed by atoms with Crippen LogP contribution in [0.4, 0.5) is 0 Å². The van der Waals surface area contributed by atoms with E-state index in [9.17, 15) is 4.79 Å². The number of hydrogen-bond donors (Lipinski definition) is 0. The molecule has 0 spiro atoms. The van der Waals surface area contributed by atoms with Gasteiger partial charge in [-0.05, 0) is 41.9 Å². The van der Waals surface area contributed by atoms with Gasteiger partial charge in [0.25, 0.3) is 5.91 Å². The minimum atomic E-state index is -0.112. The molecule has 0 N–H and O–H groups in total. The molecule has 0 saturated carbocycles. The number of furan rings is 1. The second-order valence-electron chi connectivity index (χ2n) is 6.81. The topological polar surface area (TPSA) is 76.5 Å². The summed E-state index contributed by atoms with van der Waals surface area (Å²) < 4.78 is 7.56. The second kappa shape index (κ2) is 8.81. The summed E-state index contributed by atoms with van der Waals surface area (Å²) in [6, 6.07) is 11.7. The standard InChI is InChI=1S/C21H19N5O2S3/c1-2-25-20(18-8-5-11-30-18)22-23-21(25)31-13-19(27)26-15(17-7-4-10-29-17)12-14(24-26)16-6-3-9-28-16/h3-11,15H,2,12-13H2,1H3. The third-order valence-corrected chi connectivity index (χ3v) is 7.73. The molecule has 1 unspecified atom stereocenters. The minimum absolute atomic E-state index is 0.0618. The Morgan fingerprint density at radius 2 is 2.06 bits per heavy atom. The molecule has 0 saturated heterocycles. The molecule has 0 radical (unpaired) electrons. The molecule has 7 nitrogen and oxygen atoms in total. The molecule has 4 aromatic rings. The van der Waals surface area contributed by atoms with E-state index in [1.54, 1.807) is 33.9 Å². The number of rotatable bonds is 7. The Labute approximate surface area is 191 Å². The first-order valence-electron chi connectivity index (χ1n) is 9.81. The molecular weight excluding hydrogens is 450 g/mol. The second-order valence-corrected chi connectivity index (χ2v) is 9.68. The third-order valence-electron chi connectivity index (χ3n) is 4.94. The van der Waals surface area contributed by atoms with E-state index in [1.165, 1.54) is 11.8 Å². The Balaban J connectivity index is 1.35. The summed E-state index contributed by atoms with van der Waals surface area (Å²) in [5, 5.41) is 19.7. The van der Waals surface area contributed by atoms with Crippen molar-refractivity contribution in [2.45, 2.75) is 31.1 Å². The summed E-state index contributed by atoms with van der Waals surface area (Å²) in [6.07, 6.45) is 2.26. The highest BCUT2D eigenvalue weighted by atomic mass is 32.2. The minimum Gasteiger partial charge on any atom is -0.463 e. The van der Waals surface area contributed by atoms with Gasteiger partial charge in [-0.25, -0.2) is 5.01 Å². The van der Waals surface area contributed by atoms with Crippen LogP contribution in [0.15, 0.2) is 68.1 Å². The monoisotopic (exact) mass is 469 g/mol. The van der Waals surface area contributed by atoms with E-state index in [4.69, 9.17) is 4.42 Å². The fourth-order valence-electron chi connectivity index (χ4n) is 3.50. The predicted molar refractivity (Wildman–Crippen MR) is 124 cm³/mol. The van der Waals surface area contributed by atoms with Crippen LogP contribution in [0.5, 0.6) is 0 Å². The summed E-state index contributed by atoms with van der Waals surface area (Å²) in [5.74, 6) is 1.71. The average Bonchev–Trinajstić information content (AvgIpc) is 3.62. The largest absolute Gasteiger partial charge is 0.463 e. The summed E-state index contributed by atoms with van der Waals surface area (Å²) in [6.45, 7) is 2.79. The maximum Gasteiger partial charge on any atom is 0.253 e. The van der Waals surface area contributed by atoms with Crippen molar-refractivity contribution in [2.75, 3.05) is 5.75 Å². The highest BCUT2D eigenvalue weighted by Crippen LogP contribution is 2.36. The number of amides is 1. The molecule has 0 aliphatic carbocycles. The lowest BCUT2D eigenvalue weighted by atomic mass is 10.1. The van der Waals surface area contributed by atoms with Crippen LogP contribution < -0.4 is 0 Å². The van der Waals surface area contributed by atoms with E-state index in [-0.39, 0.29) is 17.7 Å². The Kier molecular flexibility index (Phi) is 5.75. The van der Waals surface area contributed by atoms with Gasteiger partial charge in [0.1, 0.15) is 11.5 Å². The van der Waals surface area contributed by atoms with Gasteiger partial charge in [0.15, 0.2) is 11.0 Å². The zero-order valence-corrected chi connectivity index (χ0v) is 19.1. The molecule has 158 valence electrons. The van der Waals surface area contributed by atoms with Crippen molar-refractivity contribution in [3.63, 3.8) is 0 Å². The van der Waals surface area contributed by atoms with Gasteiger partial charge in [-0.2, -0.15) is 5.10 Å². The van der Waals surface area contributed by atoms with Gasteiger partial charge >= 0.3 is 0 Å². The molecule has 10 heteroatoms. The molecule has 1 aliphatic rings. The first-order valence-corrected chi connectivity index (χ1v) is 12.6. The van der Waals surface area contributed by atoms with Crippen LogP contribution in [0, 0.1) is 0 Å². The van der Waals surface area contributed by atoms with Crippen molar-refractivity contribution in [3.05, 3.63) is 64.1 Å². The van der Waals surface area contributed by atoms with Crippen LogP contribution in [-0.4, -0.2) is 37.1 Å². The maximum atomic E-state index is 13.2. The number of hydrogen-bond acceptors (Lipinski definition) is 8. The SMILES string of the molecule is CCn1c(SCC(=O)N2N=C(c3ccco3)CC2c2cccs2)nnc1-c1cccs1. The molecule has 5 rings (SSSR count). The van der Waals surface area contributed by atoms with E-state index >= 15 is 0 Å². The van der Waals surface area contributed by atoms with Gasteiger partial charge < -0.3 is 8.98 Å². The van der Waals surface area contributed by atoms with Crippen molar-refractivity contribution in [3.8, 4) is 10.7 Å².